The van der Waals surface area contributed by atoms with E-state index in [1.54, 1.807) is 25.3 Å². The van der Waals surface area contributed by atoms with Gasteiger partial charge < -0.3 is 20.7 Å². The molecular formula is C15H23N3O2. The summed E-state index contributed by atoms with van der Waals surface area (Å²) in [5.74, 6) is 0.435. The van der Waals surface area contributed by atoms with Crippen LogP contribution in [0.4, 0.5) is 5.69 Å². The number of carbonyl (C=O) groups is 1. The van der Waals surface area contributed by atoms with Crippen LogP contribution < -0.4 is 15.8 Å². The van der Waals surface area contributed by atoms with E-state index in [1.807, 2.05) is 0 Å². The van der Waals surface area contributed by atoms with E-state index < -0.39 is 0 Å². The Labute approximate surface area is 120 Å². The van der Waals surface area contributed by atoms with Crippen molar-refractivity contribution in [3.63, 3.8) is 0 Å². The van der Waals surface area contributed by atoms with E-state index in [4.69, 9.17) is 10.5 Å². The van der Waals surface area contributed by atoms with Crippen molar-refractivity contribution in [2.45, 2.75) is 25.8 Å². The minimum absolute atomic E-state index is 0.0863. The molecule has 2 rings (SSSR count). The molecular weight excluding hydrogens is 254 g/mol. The molecule has 0 aliphatic carbocycles. The SMILES string of the molecule is CCN1CCC(NC(=O)c2ccc(N)cc2OC)CC1. The zero-order valence-corrected chi connectivity index (χ0v) is 12.2. The van der Waals surface area contributed by atoms with Crippen molar-refractivity contribution < 1.29 is 9.53 Å². The molecule has 1 aromatic rings. The molecule has 110 valence electrons. The average molecular weight is 277 g/mol. The van der Waals surface area contributed by atoms with Gasteiger partial charge in [-0.05, 0) is 31.5 Å². The number of methoxy groups -OCH3 is 1. The maximum absolute atomic E-state index is 12.3. The Kier molecular flexibility index (Phi) is 4.84. The zero-order chi connectivity index (χ0) is 14.5. The first-order valence-electron chi connectivity index (χ1n) is 7.10. The van der Waals surface area contributed by atoms with Crippen LogP contribution in [0.2, 0.25) is 0 Å². The Morgan fingerprint density at radius 1 is 1.45 bits per heavy atom. The van der Waals surface area contributed by atoms with Gasteiger partial charge in [0.15, 0.2) is 0 Å². The van der Waals surface area contributed by atoms with Gasteiger partial charge in [0.1, 0.15) is 5.75 Å². The van der Waals surface area contributed by atoms with Gasteiger partial charge in [0.25, 0.3) is 5.91 Å². The van der Waals surface area contributed by atoms with E-state index in [0.717, 1.165) is 32.5 Å². The highest BCUT2D eigenvalue weighted by atomic mass is 16.5. The number of likely N-dealkylation sites (tertiary alicyclic amines) is 1. The normalized spacial score (nSPS) is 16.9. The number of hydrogen-bond donors (Lipinski definition) is 2. The fourth-order valence-electron chi connectivity index (χ4n) is 2.55. The molecule has 5 nitrogen and oxygen atoms in total. The number of hydrogen-bond acceptors (Lipinski definition) is 4. The summed E-state index contributed by atoms with van der Waals surface area (Å²) in [6, 6.07) is 5.35. The van der Waals surface area contributed by atoms with E-state index in [2.05, 4.69) is 17.1 Å². The Morgan fingerprint density at radius 2 is 2.15 bits per heavy atom. The number of nitrogens with zero attached hydrogens (tertiary/aromatic N) is 1. The highest BCUT2D eigenvalue weighted by molar-refractivity contribution is 5.97. The van der Waals surface area contributed by atoms with Gasteiger partial charge in [-0.2, -0.15) is 0 Å². The van der Waals surface area contributed by atoms with E-state index in [1.165, 1.54) is 0 Å². The fraction of sp³-hybridized carbons (Fsp3) is 0.533. The molecule has 1 fully saturated rings. The molecule has 3 N–H and O–H groups in total. The molecule has 0 saturated carbocycles. The standard InChI is InChI=1S/C15H23N3O2/c1-3-18-8-6-12(7-9-18)17-15(19)13-5-4-11(16)10-14(13)20-2/h4-5,10,12H,3,6-9,16H2,1-2H3,(H,17,19). The minimum Gasteiger partial charge on any atom is -0.496 e. The van der Waals surface area contributed by atoms with Crippen LogP contribution in [0, 0.1) is 0 Å². The predicted molar refractivity (Wildman–Crippen MR) is 80.0 cm³/mol. The quantitative estimate of drug-likeness (QED) is 0.818. The number of amides is 1. The van der Waals surface area contributed by atoms with Crippen LogP contribution in [0.5, 0.6) is 5.75 Å². The Hall–Kier alpha value is -1.75. The Bertz CT molecular complexity index is 468. The summed E-state index contributed by atoms with van der Waals surface area (Å²) in [6.07, 6.45) is 1.99. The van der Waals surface area contributed by atoms with E-state index in [9.17, 15) is 4.79 Å². The van der Waals surface area contributed by atoms with Gasteiger partial charge in [-0.3, -0.25) is 4.79 Å². The number of piperidine rings is 1. The summed E-state index contributed by atoms with van der Waals surface area (Å²) in [5.41, 5.74) is 6.83. The molecule has 5 heteroatoms. The van der Waals surface area contributed by atoms with E-state index in [-0.39, 0.29) is 11.9 Å². The smallest absolute Gasteiger partial charge is 0.255 e. The second-order valence-corrected chi connectivity index (χ2v) is 5.14. The second-order valence-electron chi connectivity index (χ2n) is 5.14. The number of benzene rings is 1. The maximum atomic E-state index is 12.3. The topological polar surface area (TPSA) is 67.6 Å². The van der Waals surface area contributed by atoms with Crippen molar-refractivity contribution >= 4 is 11.6 Å². The average Bonchev–Trinajstić information content (AvgIpc) is 2.47. The van der Waals surface area contributed by atoms with Crippen molar-refractivity contribution in [2.75, 3.05) is 32.5 Å². The molecule has 1 saturated heterocycles. The third-order valence-electron chi connectivity index (χ3n) is 3.84. The lowest BCUT2D eigenvalue weighted by atomic mass is 10.0. The molecule has 0 radical (unpaired) electrons. The molecule has 0 atom stereocenters. The summed E-state index contributed by atoms with van der Waals surface area (Å²) in [4.78, 5) is 14.7. The molecule has 1 heterocycles. The van der Waals surface area contributed by atoms with E-state index >= 15 is 0 Å². The molecule has 1 aliphatic heterocycles. The lowest BCUT2D eigenvalue weighted by Gasteiger charge is -2.31. The van der Waals surface area contributed by atoms with Crippen molar-refractivity contribution in [2.24, 2.45) is 0 Å². The molecule has 0 bridgehead atoms. The van der Waals surface area contributed by atoms with Gasteiger partial charge >= 0.3 is 0 Å². The molecule has 1 aliphatic rings. The van der Waals surface area contributed by atoms with Crippen LogP contribution in [-0.2, 0) is 0 Å². The first-order valence-corrected chi connectivity index (χ1v) is 7.10. The number of anilines is 1. The summed E-state index contributed by atoms with van der Waals surface area (Å²) in [6.45, 7) is 5.32. The minimum atomic E-state index is -0.0863. The number of ether oxygens (including phenoxy) is 1. The first-order chi connectivity index (χ1) is 9.63. The third-order valence-corrected chi connectivity index (χ3v) is 3.84. The third kappa shape index (κ3) is 3.42. The highest BCUT2D eigenvalue weighted by Crippen LogP contribution is 2.22. The van der Waals surface area contributed by atoms with Crippen molar-refractivity contribution in [1.29, 1.82) is 0 Å². The monoisotopic (exact) mass is 277 g/mol. The lowest BCUT2D eigenvalue weighted by molar-refractivity contribution is 0.0909. The number of carbonyl (C=O) groups excluding carboxylic acids is 1. The molecule has 0 unspecified atom stereocenters. The predicted octanol–water partition coefficient (Wildman–Crippen LogP) is 1.49. The summed E-state index contributed by atoms with van der Waals surface area (Å²) >= 11 is 0. The van der Waals surface area contributed by atoms with Crippen LogP contribution in [0.1, 0.15) is 30.1 Å². The summed E-state index contributed by atoms with van der Waals surface area (Å²) in [7, 11) is 1.55. The number of nitrogens with two attached hydrogens (primary N) is 1. The van der Waals surface area contributed by atoms with Crippen molar-refractivity contribution in [3.05, 3.63) is 23.8 Å². The highest BCUT2D eigenvalue weighted by Gasteiger charge is 2.21. The fourth-order valence-corrected chi connectivity index (χ4v) is 2.55. The molecule has 20 heavy (non-hydrogen) atoms. The van der Waals surface area contributed by atoms with Crippen molar-refractivity contribution in [3.8, 4) is 5.75 Å². The first kappa shape index (κ1) is 14.7. The maximum Gasteiger partial charge on any atom is 0.255 e. The van der Waals surface area contributed by atoms with E-state index in [0.29, 0.717) is 17.0 Å². The largest absolute Gasteiger partial charge is 0.496 e. The van der Waals surface area contributed by atoms with Gasteiger partial charge in [0.05, 0.1) is 12.7 Å². The molecule has 1 aromatic carbocycles. The Morgan fingerprint density at radius 3 is 2.75 bits per heavy atom. The van der Waals surface area contributed by atoms with Gasteiger partial charge in [0, 0.05) is 30.9 Å². The number of nitrogens with one attached hydrogen (secondary N) is 1. The van der Waals surface area contributed by atoms with Gasteiger partial charge in [-0.15, -0.1) is 0 Å². The summed E-state index contributed by atoms with van der Waals surface area (Å²) < 4.78 is 5.22. The van der Waals surface area contributed by atoms with Crippen LogP contribution in [0.15, 0.2) is 18.2 Å². The van der Waals surface area contributed by atoms with Crippen LogP contribution in [-0.4, -0.2) is 43.6 Å². The second kappa shape index (κ2) is 6.61. The van der Waals surface area contributed by atoms with Gasteiger partial charge in [-0.1, -0.05) is 6.92 Å². The van der Waals surface area contributed by atoms with Gasteiger partial charge in [-0.25, -0.2) is 0 Å². The molecule has 0 spiro atoms. The van der Waals surface area contributed by atoms with Crippen LogP contribution in [0.3, 0.4) is 0 Å². The lowest BCUT2D eigenvalue weighted by Crippen LogP contribution is -2.44. The molecule has 0 aromatic heterocycles. The van der Waals surface area contributed by atoms with Gasteiger partial charge in [0.2, 0.25) is 0 Å². The van der Waals surface area contributed by atoms with Crippen molar-refractivity contribution in [1.82, 2.24) is 10.2 Å². The van der Waals surface area contributed by atoms with Crippen LogP contribution >= 0.6 is 0 Å². The van der Waals surface area contributed by atoms with Crippen LogP contribution in [0.25, 0.3) is 0 Å². The number of nitrogen functional groups attached to an aromatic ring is 1. The number of rotatable bonds is 4. The zero-order valence-electron chi connectivity index (χ0n) is 12.2. The molecule has 1 amide bonds. The Balaban J connectivity index is 1.98. The summed E-state index contributed by atoms with van der Waals surface area (Å²) in [5, 5.41) is 3.09.